The number of aromatic nitrogens is 2. The normalized spacial score (nSPS) is 10.9. The first-order chi connectivity index (χ1) is 12.0. The molecule has 0 spiro atoms. The Hall–Kier alpha value is -2.59. The first-order valence-corrected chi connectivity index (χ1v) is 8.92. The van der Waals surface area contributed by atoms with Crippen molar-refractivity contribution in [3.05, 3.63) is 45.0 Å². The van der Waals surface area contributed by atoms with Crippen molar-refractivity contribution in [3.63, 3.8) is 0 Å². The van der Waals surface area contributed by atoms with Crippen molar-refractivity contribution in [2.45, 2.75) is 18.6 Å². The van der Waals surface area contributed by atoms with Gasteiger partial charge in [0.15, 0.2) is 5.16 Å². The van der Waals surface area contributed by atoms with E-state index in [1.54, 1.807) is 12.1 Å². The van der Waals surface area contributed by atoms with Crippen molar-refractivity contribution in [1.29, 1.82) is 0 Å². The summed E-state index contributed by atoms with van der Waals surface area (Å²) in [7, 11) is 0. The molecule has 3 rings (SSSR count). The van der Waals surface area contributed by atoms with Crippen molar-refractivity contribution in [1.82, 2.24) is 15.3 Å². The van der Waals surface area contributed by atoms with Crippen molar-refractivity contribution < 1.29 is 19.1 Å². The summed E-state index contributed by atoms with van der Waals surface area (Å²) < 4.78 is 5.11. The van der Waals surface area contributed by atoms with Gasteiger partial charge in [-0.15, -0.1) is 11.3 Å². The lowest BCUT2D eigenvalue weighted by Gasteiger charge is -2.03. The highest BCUT2D eigenvalue weighted by Crippen LogP contribution is 2.27. The van der Waals surface area contributed by atoms with E-state index in [0.717, 1.165) is 23.1 Å². The monoisotopic (exact) mass is 378 g/mol. The van der Waals surface area contributed by atoms with Crippen molar-refractivity contribution >= 4 is 45.2 Å². The zero-order chi connectivity index (χ0) is 18.0. The predicted molar refractivity (Wildman–Crippen MR) is 90.6 cm³/mol. The number of fused-ring (bicyclic) bond motifs is 1. The van der Waals surface area contributed by atoms with Crippen LogP contribution in [0.15, 0.2) is 32.8 Å². The Labute approximate surface area is 149 Å². The number of aromatic amines is 1. The second-order valence-electron chi connectivity index (χ2n) is 5.04. The highest BCUT2D eigenvalue weighted by Gasteiger charge is 2.15. The van der Waals surface area contributed by atoms with Crippen LogP contribution < -0.4 is 16.0 Å². The third-order valence-electron chi connectivity index (χ3n) is 3.34. The highest BCUT2D eigenvalue weighted by atomic mass is 32.2. The number of thiophene rings is 1. The van der Waals surface area contributed by atoms with Gasteiger partial charge < -0.3 is 24.6 Å². The number of nitrogens with zero attached hydrogens (tertiary/aromatic N) is 1. The fraction of sp³-hybridized carbons (Fsp3) is 0.200. The van der Waals surface area contributed by atoms with Gasteiger partial charge in [0.05, 0.1) is 34.8 Å². The lowest BCUT2D eigenvalue weighted by atomic mass is 10.2. The Bertz CT molecular complexity index is 991. The van der Waals surface area contributed by atoms with E-state index >= 15 is 0 Å². The molecular formula is C15H12N3O5S2-. The molecule has 0 unspecified atom stereocenters. The summed E-state index contributed by atoms with van der Waals surface area (Å²) >= 11 is 1.94. The number of aryl methyl sites for hydroxylation is 1. The third kappa shape index (κ3) is 3.74. The number of carbonyl (C=O) groups is 2. The number of rotatable bonds is 6. The van der Waals surface area contributed by atoms with Crippen LogP contribution in [0.5, 0.6) is 0 Å². The highest BCUT2D eigenvalue weighted by molar-refractivity contribution is 7.99. The average molecular weight is 378 g/mol. The minimum Gasteiger partial charge on any atom is -0.544 e. The summed E-state index contributed by atoms with van der Waals surface area (Å²) in [6.07, 6.45) is 1.52. The van der Waals surface area contributed by atoms with Crippen LogP contribution in [0.3, 0.4) is 0 Å². The molecule has 8 nitrogen and oxygen atoms in total. The van der Waals surface area contributed by atoms with Gasteiger partial charge in [-0.25, -0.2) is 4.98 Å². The summed E-state index contributed by atoms with van der Waals surface area (Å²) in [4.78, 5) is 42.1. The maximum Gasteiger partial charge on any atom is 0.260 e. The van der Waals surface area contributed by atoms with Crippen LogP contribution in [0, 0.1) is 6.92 Å². The molecular weight excluding hydrogens is 366 g/mol. The number of nitrogens with one attached hydrogen (secondary N) is 2. The Balaban J connectivity index is 1.70. The molecule has 0 radical (unpaired) electrons. The van der Waals surface area contributed by atoms with Gasteiger partial charge in [0.1, 0.15) is 10.6 Å². The summed E-state index contributed by atoms with van der Waals surface area (Å²) in [5.74, 6) is -0.907. The van der Waals surface area contributed by atoms with Gasteiger partial charge in [0.2, 0.25) is 5.91 Å². The third-order valence-corrected chi connectivity index (χ3v) is 5.38. The smallest absolute Gasteiger partial charge is 0.260 e. The Kier molecular flexibility index (Phi) is 4.91. The Morgan fingerprint density at radius 1 is 1.48 bits per heavy atom. The van der Waals surface area contributed by atoms with Gasteiger partial charge >= 0.3 is 0 Å². The van der Waals surface area contributed by atoms with Crippen LogP contribution >= 0.6 is 23.1 Å². The molecule has 10 heteroatoms. The van der Waals surface area contributed by atoms with E-state index in [4.69, 9.17) is 4.42 Å². The quantitative estimate of drug-likeness (QED) is 0.476. The summed E-state index contributed by atoms with van der Waals surface area (Å²) in [5.41, 5.74) is -0.105. The zero-order valence-electron chi connectivity index (χ0n) is 13.0. The molecule has 2 N–H and O–H groups in total. The average Bonchev–Trinajstić information content (AvgIpc) is 3.19. The number of aromatic carboxylic acids is 1. The topological polar surface area (TPSA) is 128 Å². The number of carbonyl (C=O) groups excluding carboxylic acids is 2. The summed E-state index contributed by atoms with van der Waals surface area (Å²) in [5, 5.41) is 14.2. The van der Waals surface area contributed by atoms with E-state index in [0.29, 0.717) is 16.2 Å². The first-order valence-electron chi connectivity index (χ1n) is 7.12. The molecule has 0 saturated carbocycles. The first kappa shape index (κ1) is 17.2. The van der Waals surface area contributed by atoms with Crippen LogP contribution in [0.4, 0.5) is 0 Å². The van der Waals surface area contributed by atoms with Gasteiger partial charge in [-0.1, -0.05) is 11.8 Å². The predicted octanol–water partition coefficient (Wildman–Crippen LogP) is 0.658. The van der Waals surface area contributed by atoms with E-state index < -0.39 is 11.5 Å². The molecule has 3 aromatic rings. The van der Waals surface area contributed by atoms with Crippen molar-refractivity contribution in [2.24, 2.45) is 0 Å². The number of hydrogen-bond donors (Lipinski definition) is 2. The molecule has 3 heterocycles. The molecule has 0 bridgehead atoms. The molecule has 0 saturated heterocycles. The SMILES string of the molecule is Cc1c(C(=O)[O-])sc2nc(SCC(=O)NCc3ccco3)[nH]c(=O)c12. The van der Waals surface area contributed by atoms with Crippen LogP contribution in [0.1, 0.15) is 21.0 Å². The van der Waals surface area contributed by atoms with Crippen LogP contribution in [-0.2, 0) is 11.3 Å². The van der Waals surface area contributed by atoms with Crippen LogP contribution in [-0.4, -0.2) is 27.6 Å². The van der Waals surface area contributed by atoms with E-state index in [2.05, 4.69) is 15.3 Å². The molecule has 25 heavy (non-hydrogen) atoms. The molecule has 3 aromatic heterocycles. The van der Waals surface area contributed by atoms with Crippen molar-refractivity contribution in [3.8, 4) is 0 Å². The van der Waals surface area contributed by atoms with Crippen LogP contribution in [0.2, 0.25) is 0 Å². The van der Waals surface area contributed by atoms with Gasteiger partial charge in [-0.05, 0) is 24.6 Å². The molecule has 0 aromatic carbocycles. The fourth-order valence-electron chi connectivity index (χ4n) is 2.17. The largest absolute Gasteiger partial charge is 0.544 e. The van der Waals surface area contributed by atoms with Gasteiger partial charge in [0, 0.05) is 0 Å². The number of carboxylic acids is 1. The van der Waals surface area contributed by atoms with Gasteiger partial charge in [0.25, 0.3) is 5.56 Å². The second-order valence-corrected chi connectivity index (χ2v) is 7.00. The minimum absolute atomic E-state index is 0.0219. The fourth-order valence-corrected chi connectivity index (χ4v) is 3.94. The minimum atomic E-state index is -1.34. The number of H-pyrrole nitrogens is 1. The Morgan fingerprint density at radius 3 is 2.96 bits per heavy atom. The van der Waals surface area contributed by atoms with Crippen molar-refractivity contribution in [2.75, 3.05) is 5.75 Å². The number of carboxylic acid groups (broad SMARTS) is 1. The Morgan fingerprint density at radius 2 is 2.28 bits per heavy atom. The zero-order valence-corrected chi connectivity index (χ0v) is 14.6. The van der Waals surface area contributed by atoms with Gasteiger partial charge in [-0.2, -0.15) is 0 Å². The maximum atomic E-state index is 12.2. The lowest BCUT2D eigenvalue weighted by molar-refractivity contribution is -0.254. The molecule has 130 valence electrons. The molecule has 1 amide bonds. The number of furan rings is 1. The van der Waals surface area contributed by atoms with E-state index in [9.17, 15) is 19.5 Å². The standard InChI is InChI=1S/C15H13N3O5S2/c1-7-10-12(20)17-15(18-13(10)25-11(7)14(21)22)24-6-9(19)16-5-8-3-2-4-23-8/h2-4H,5-6H2,1H3,(H,16,19)(H,21,22)(H,17,18,20)/p-1. The number of hydrogen-bond acceptors (Lipinski definition) is 8. The maximum absolute atomic E-state index is 12.2. The summed E-state index contributed by atoms with van der Waals surface area (Å²) in [6.45, 7) is 1.81. The van der Waals surface area contributed by atoms with E-state index in [1.165, 1.54) is 13.2 Å². The molecule has 0 atom stereocenters. The lowest BCUT2D eigenvalue weighted by Crippen LogP contribution is -2.24. The number of amides is 1. The molecule has 0 aliphatic heterocycles. The van der Waals surface area contributed by atoms with Gasteiger partial charge in [-0.3, -0.25) is 9.59 Å². The second kappa shape index (κ2) is 7.11. The van der Waals surface area contributed by atoms with E-state index in [1.807, 2.05) is 0 Å². The van der Waals surface area contributed by atoms with Crippen LogP contribution in [0.25, 0.3) is 10.2 Å². The molecule has 0 aliphatic rings. The molecule has 0 fully saturated rings. The molecule has 0 aliphatic carbocycles. The number of thioether (sulfide) groups is 1. The van der Waals surface area contributed by atoms with E-state index in [-0.39, 0.29) is 33.6 Å². The summed E-state index contributed by atoms with van der Waals surface area (Å²) in [6, 6.07) is 3.47.